The summed E-state index contributed by atoms with van der Waals surface area (Å²) in [6, 6.07) is 7.46. The summed E-state index contributed by atoms with van der Waals surface area (Å²) in [5, 5.41) is 8.75. The van der Waals surface area contributed by atoms with Crippen molar-refractivity contribution < 1.29 is 19.1 Å². The molecule has 0 aromatic heterocycles. The lowest BCUT2D eigenvalue weighted by Gasteiger charge is -2.17. The van der Waals surface area contributed by atoms with Crippen LogP contribution < -0.4 is 16.0 Å². The number of ether oxygens (including phenoxy) is 2. The Morgan fingerprint density at radius 2 is 1.74 bits per heavy atom. The highest BCUT2D eigenvalue weighted by atomic mass is 33.1. The molecule has 9 heteroatoms. The normalized spacial score (nSPS) is 10.9. The van der Waals surface area contributed by atoms with E-state index in [1.54, 1.807) is 21.6 Å². The van der Waals surface area contributed by atoms with Gasteiger partial charge in [-0.05, 0) is 24.2 Å². The number of rotatable bonds is 16. The van der Waals surface area contributed by atoms with Crippen LogP contribution >= 0.6 is 21.6 Å². The zero-order chi connectivity index (χ0) is 25.4. The summed E-state index contributed by atoms with van der Waals surface area (Å²) < 4.78 is 11.4. The van der Waals surface area contributed by atoms with Crippen LogP contribution in [0.1, 0.15) is 62.4 Å². The molecule has 3 N–H and O–H groups in total. The molecule has 0 saturated carbocycles. The number of hydrogen-bond donors (Lipinski definition) is 3. The van der Waals surface area contributed by atoms with Gasteiger partial charge >= 0.3 is 0 Å². The van der Waals surface area contributed by atoms with E-state index in [4.69, 9.17) is 9.47 Å². The van der Waals surface area contributed by atoms with Crippen molar-refractivity contribution in [2.75, 3.05) is 51.8 Å². The molecule has 1 aromatic carbocycles. The van der Waals surface area contributed by atoms with Crippen LogP contribution in [-0.2, 0) is 14.3 Å². The number of benzene rings is 1. The zero-order valence-corrected chi connectivity index (χ0v) is 22.8. The van der Waals surface area contributed by atoms with Gasteiger partial charge < -0.3 is 25.4 Å². The highest BCUT2D eigenvalue weighted by Crippen LogP contribution is 2.38. The fraction of sp³-hybridized carbons (Fsp3) is 0.600. The maximum Gasteiger partial charge on any atom is 0.251 e. The first-order chi connectivity index (χ1) is 16.6. The number of amides is 2. The third-order valence-corrected chi connectivity index (χ3v) is 6.56. The van der Waals surface area contributed by atoms with Crippen LogP contribution in [0.4, 0.5) is 0 Å². The van der Waals surface area contributed by atoms with Crippen molar-refractivity contribution in [3.05, 3.63) is 35.4 Å². The van der Waals surface area contributed by atoms with Crippen molar-refractivity contribution in [2.45, 2.75) is 46.5 Å². The number of carbonyl (C=O) groups is 2. The Morgan fingerprint density at radius 3 is 2.38 bits per heavy atom. The predicted octanol–water partition coefficient (Wildman–Crippen LogP) is 4.01. The molecule has 1 unspecified atom stereocenters. The van der Waals surface area contributed by atoms with E-state index in [1.807, 2.05) is 52.0 Å². The van der Waals surface area contributed by atoms with Crippen LogP contribution in [-0.4, -0.2) is 63.6 Å². The maximum atomic E-state index is 12.2. The molecule has 0 saturated heterocycles. The number of carbonyl (C=O) groups excluding carboxylic acids is 2. The van der Waals surface area contributed by atoms with E-state index in [0.717, 1.165) is 30.8 Å². The first-order valence-electron chi connectivity index (χ1n) is 11.9. The molecule has 0 spiro atoms. The van der Waals surface area contributed by atoms with Gasteiger partial charge in [0.25, 0.3) is 5.91 Å². The molecule has 7 nitrogen and oxygen atoms in total. The summed E-state index contributed by atoms with van der Waals surface area (Å²) in [5.74, 6) is 6.42. The van der Waals surface area contributed by atoms with Crippen LogP contribution in [0.2, 0.25) is 0 Å². The van der Waals surface area contributed by atoms with E-state index < -0.39 is 0 Å². The minimum Gasteiger partial charge on any atom is -0.369 e. The molecule has 0 bridgehead atoms. The van der Waals surface area contributed by atoms with Gasteiger partial charge in [0.05, 0.1) is 19.8 Å². The molecule has 0 radical (unpaired) electrons. The lowest BCUT2D eigenvalue weighted by atomic mass is 10.1. The lowest BCUT2D eigenvalue weighted by Crippen LogP contribution is -2.31. The molecular weight excluding hydrogens is 470 g/mol. The van der Waals surface area contributed by atoms with Crippen molar-refractivity contribution in [3.63, 3.8) is 0 Å². The summed E-state index contributed by atoms with van der Waals surface area (Å²) >= 11 is 0. The predicted molar refractivity (Wildman–Crippen MR) is 145 cm³/mol. The number of nitrogens with one attached hydrogen (secondary N) is 3. The Bertz CT molecular complexity index is 721. The van der Waals surface area contributed by atoms with Crippen LogP contribution in [0.25, 0.3) is 0 Å². The second-order valence-electron chi connectivity index (χ2n) is 6.47. The summed E-state index contributed by atoms with van der Waals surface area (Å²) in [4.78, 5) is 23.9. The lowest BCUT2D eigenvalue weighted by molar-refractivity contribution is -0.126. The van der Waals surface area contributed by atoms with E-state index >= 15 is 0 Å². The van der Waals surface area contributed by atoms with Gasteiger partial charge in [0, 0.05) is 30.8 Å². The summed E-state index contributed by atoms with van der Waals surface area (Å²) in [6.45, 7) is 13.3. The topological polar surface area (TPSA) is 88.7 Å². The average Bonchev–Trinajstić information content (AvgIpc) is 2.87. The van der Waals surface area contributed by atoms with Gasteiger partial charge in [-0.25, -0.2) is 0 Å². The van der Waals surface area contributed by atoms with Crippen molar-refractivity contribution in [1.82, 2.24) is 16.0 Å². The SMILES string of the molecule is CC.CCC#CCNC(=O)COCCOC(SSCC)c1ccc(C(=O)NCCNCC)cc1. The monoisotopic (exact) mass is 511 g/mol. The molecule has 1 rings (SSSR count). The van der Waals surface area contributed by atoms with Crippen LogP contribution in [0.15, 0.2) is 24.3 Å². The fourth-order valence-corrected chi connectivity index (χ4v) is 4.36. The fourth-order valence-electron chi connectivity index (χ4n) is 2.40. The minimum absolute atomic E-state index is 0.0176. The van der Waals surface area contributed by atoms with E-state index in [-0.39, 0.29) is 23.9 Å². The first kappa shape index (κ1) is 32.3. The van der Waals surface area contributed by atoms with Gasteiger partial charge in [-0.3, -0.25) is 9.59 Å². The molecule has 0 aliphatic heterocycles. The van der Waals surface area contributed by atoms with Gasteiger partial charge in [-0.2, -0.15) is 0 Å². The Balaban J connectivity index is 0.00000529. The molecule has 0 aliphatic carbocycles. The molecule has 0 fully saturated rings. The van der Waals surface area contributed by atoms with Gasteiger partial charge in [0.1, 0.15) is 12.0 Å². The summed E-state index contributed by atoms with van der Waals surface area (Å²) in [6.07, 6.45) is 0.770. The van der Waals surface area contributed by atoms with Crippen LogP contribution in [0.3, 0.4) is 0 Å². The Kier molecular flexibility index (Phi) is 21.9. The zero-order valence-electron chi connectivity index (χ0n) is 21.2. The standard InChI is InChI=1S/C23H35N3O4S2.C2H6/c1-4-7-8-13-25-21(27)18-29-16-17-30-23(32-31-6-3)20-11-9-19(10-12-20)22(28)26-15-14-24-5-2;1-2/h9-12,23-24H,4-6,13-18H2,1-3H3,(H,25,27)(H,26,28);1-2H3. The van der Waals surface area contributed by atoms with Crippen molar-refractivity contribution in [1.29, 1.82) is 0 Å². The molecule has 192 valence electrons. The van der Waals surface area contributed by atoms with Crippen molar-refractivity contribution >= 4 is 33.4 Å². The second kappa shape index (κ2) is 23.1. The third-order valence-electron chi connectivity index (χ3n) is 3.96. The second-order valence-corrected chi connectivity index (χ2v) is 9.19. The third kappa shape index (κ3) is 16.0. The van der Waals surface area contributed by atoms with E-state index in [2.05, 4.69) is 34.7 Å². The molecule has 1 aromatic rings. The van der Waals surface area contributed by atoms with Gasteiger partial charge in [0.15, 0.2) is 0 Å². The highest BCUT2D eigenvalue weighted by molar-refractivity contribution is 8.76. The Morgan fingerprint density at radius 1 is 1.00 bits per heavy atom. The number of hydrogen-bond acceptors (Lipinski definition) is 7. The molecule has 0 aliphatic rings. The molecular formula is C25H41N3O4S2. The van der Waals surface area contributed by atoms with Gasteiger partial charge in [-0.1, -0.05) is 74.3 Å². The van der Waals surface area contributed by atoms with E-state index in [1.165, 1.54) is 0 Å². The first-order valence-corrected chi connectivity index (χ1v) is 14.3. The van der Waals surface area contributed by atoms with Gasteiger partial charge in [-0.15, -0.1) is 5.92 Å². The smallest absolute Gasteiger partial charge is 0.251 e. The Hall–Kier alpha value is -1.70. The molecule has 1 atom stereocenters. The largest absolute Gasteiger partial charge is 0.369 e. The Labute approximate surface area is 213 Å². The molecule has 34 heavy (non-hydrogen) atoms. The van der Waals surface area contributed by atoms with Crippen molar-refractivity contribution in [2.24, 2.45) is 0 Å². The van der Waals surface area contributed by atoms with Crippen molar-refractivity contribution in [3.8, 4) is 11.8 Å². The number of likely N-dealkylation sites (N-methyl/N-ethyl adjacent to an activating group) is 1. The van der Waals surface area contributed by atoms with Crippen LogP contribution in [0, 0.1) is 11.8 Å². The highest BCUT2D eigenvalue weighted by Gasteiger charge is 2.14. The molecule has 0 heterocycles. The van der Waals surface area contributed by atoms with Gasteiger partial charge in [0.2, 0.25) is 5.91 Å². The quantitative estimate of drug-likeness (QED) is 0.134. The van der Waals surface area contributed by atoms with Crippen LogP contribution in [0.5, 0.6) is 0 Å². The van der Waals surface area contributed by atoms with E-state index in [0.29, 0.717) is 31.9 Å². The van der Waals surface area contributed by atoms with E-state index in [9.17, 15) is 9.59 Å². The average molecular weight is 512 g/mol. The molecule has 2 amide bonds. The summed E-state index contributed by atoms with van der Waals surface area (Å²) in [5.41, 5.74) is 1.41. The minimum atomic E-state index is -0.192. The maximum absolute atomic E-state index is 12.2. The summed E-state index contributed by atoms with van der Waals surface area (Å²) in [7, 11) is 3.33.